The number of aromatic nitrogens is 2. The average molecular weight is 535 g/mol. The number of hydrogen-bond donors (Lipinski definition) is 0. The molecular weight excluding hydrogens is 512 g/mol. The van der Waals surface area contributed by atoms with E-state index in [2.05, 4.69) is 118 Å². The summed E-state index contributed by atoms with van der Waals surface area (Å²) in [5, 5.41) is 6.81. The second kappa shape index (κ2) is 8.14. The Morgan fingerprint density at radius 2 is 1.30 bits per heavy atom. The van der Waals surface area contributed by atoms with Crippen molar-refractivity contribution in [3.63, 3.8) is 0 Å². The van der Waals surface area contributed by atoms with E-state index in [9.17, 15) is 0 Å². The van der Waals surface area contributed by atoms with Crippen molar-refractivity contribution >= 4 is 72.3 Å². The van der Waals surface area contributed by atoms with Crippen LogP contribution in [0.4, 0.5) is 0 Å². The lowest BCUT2D eigenvalue weighted by atomic mass is 9.96. The Balaban J connectivity index is 1.41. The zero-order chi connectivity index (χ0) is 26.4. The molecule has 0 fully saturated rings. The van der Waals surface area contributed by atoms with Crippen LogP contribution in [0.25, 0.3) is 66.3 Å². The molecule has 0 spiro atoms. The van der Waals surface area contributed by atoms with E-state index in [1.807, 2.05) is 12.1 Å². The second-order valence-electron chi connectivity index (χ2n) is 10.6. The van der Waals surface area contributed by atoms with E-state index < -0.39 is 0 Å². The van der Waals surface area contributed by atoms with E-state index in [-0.39, 0.29) is 6.04 Å². The summed E-state index contributed by atoms with van der Waals surface area (Å²) in [5.41, 5.74) is 8.08. The Hall–Kier alpha value is -4.73. The van der Waals surface area contributed by atoms with Crippen molar-refractivity contribution in [1.29, 1.82) is 0 Å². The number of rotatable bonds is 2. The lowest BCUT2D eigenvalue weighted by molar-refractivity contribution is 0.573. The average Bonchev–Trinajstić information content (AvgIpc) is 3.66. The number of allylic oxidation sites excluding steroid dienone is 1. The highest BCUT2D eigenvalue weighted by Gasteiger charge is 2.27. The number of nitrogens with zero attached hydrogens (tertiary/aromatic N) is 2. The van der Waals surface area contributed by atoms with Crippen LogP contribution in [0.5, 0.6) is 0 Å². The molecule has 0 N–H and O–H groups in total. The van der Waals surface area contributed by atoms with Crippen molar-refractivity contribution in [2.45, 2.75) is 12.5 Å². The van der Waals surface area contributed by atoms with Crippen LogP contribution in [0.2, 0.25) is 5.02 Å². The van der Waals surface area contributed by atoms with Crippen LogP contribution in [0.1, 0.15) is 17.4 Å². The fourth-order valence-corrected chi connectivity index (χ4v) is 7.09. The van der Waals surface area contributed by atoms with E-state index in [1.54, 1.807) is 0 Å². The van der Waals surface area contributed by atoms with Crippen LogP contribution >= 0.6 is 11.6 Å². The molecule has 1 unspecified atom stereocenters. The van der Waals surface area contributed by atoms with Gasteiger partial charge in [-0.3, -0.25) is 0 Å². The van der Waals surface area contributed by atoms with Gasteiger partial charge in [0.1, 0.15) is 5.76 Å². The molecule has 0 saturated carbocycles. The molecule has 0 saturated heterocycles. The molecule has 8 aromatic rings. The Morgan fingerprint density at radius 3 is 2.12 bits per heavy atom. The van der Waals surface area contributed by atoms with E-state index in [1.165, 1.54) is 49.2 Å². The summed E-state index contributed by atoms with van der Waals surface area (Å²) in [4.78, 5) is 0. The van der Waals surface area contributed by atoms with Crippen molar-refractivity contribution in [1.82, 2.24) is 9.13 Å². The molecule has 0 bridgehead atoms. The van der Waals surface area contributed by atoms with Crippen LogP contribution in [-0.4, -0.2) is 9.13 Å². The third-order valence-electron chi connectivity index (χ3n) is 8.54. The first-order chi connectivity index (χ1) is 19.8. The number of halogens is 1. The molecule has 0 amide bonds. The van der Waals surface area contributed by atoms with Crippen molar-refractivity contribution in [2.75, 3.05) is 0 Å². The quantitative estimate of drug-likeness (QED) is 0.216. The summed E-state index contributed by atoms with van der Waals surface area (Å²) < 4.78 is 11.2. The molecule has 9 rings (SSSR count). The smallest absolute Gasteiger partial charge is 0.153 e. The van der Waals surface area contributed by atoms with Gasteiger partial charge >= 0.3 is 0 Å². The number of hydrogen-bond acceptors (Lipinski definition) is 1. The number of furan rings is 1. The molecule has 3 aromatic heterocycles. The van der Waals surface area contributed by atoms with Crippen molar-refractivity contribution in [3.8, 4) is 5.69 Å². The van der Waals surface area contributed by atoms with Gasteiger partial charge in [-0.15, -0.1) is 0 Å². The summed E-state index contributed by atoms with van der Waals surface area (Å²) in [6.07, 6.45) is 5.25. The largest absolute Gasteiger partial charge is 0.455 e. The van der Waals surface area contributed by atoms with Gasteiger partial charge in [-0.2, -0.15) is 0 Å². The van der Waals surface area contributed by atoms with Gasteiger partial charge in [0.2, 0.25) is 0 Å². The fourth-order valence-electron chi connectivity index (χ4n) is 6.88. The molecule has 3 heterocycles. The Morgan fingerprint density at radius 1 is 0.625 bits per heavy atom. The van der Waals surface area contributed by atoms with Gasteiger partial charge in [-0.25, -0.2) is 0 Å². The van der Waals surface area contributed by atoms with Gasteiger partial charge in [0.25, 0.3) is 0 Å². The maximum Gasteiger partial charge on any atom is 0.153 e. The minimum absolute atomic E-state index is 0.113. The third kappa shape index (κ3) is 2.90. The van der Waals surface area contributed by atoms with Gasteiger partial charge in [0, 0.05) is 50.1 Å². The molecular formula is C36H23ClN2O. The lowest BCUT2D eigenvalue weighted by Crippen LogP contribution is -2.13. The van der Waals surface area contributed by atoms with Gasteiger partial charge in [0.15, 0.2) is 5.58 Å². The van der Waals surface area contributed by atoms with Gasteiger partial charge in [-0.05, 0) is 36.4 Å². The molecule has 0 radical (unpaired) electrons. The molecule has 3 nitrogen and oxygen atoms in total. The maximum absolute atomic E-state index is 6.52. The molecule has 5 aromatic carbocycles. The van der Waals surface area contributed by atoms with E-state index in [0.29, 0.717) is 5.02 Å². The highest BCUT2D eigenvalue weighted by Crippen LogP contribution is 2.44. The Bertz CT molecular complexity index is 2320. The predicted octanol–water partition coefficient (Wildman–Crippen LogP) is 10.1. The monoisotopic (exact) mass is 534 g/mol. The second-order valence-corrected chi connectivity index (χ2v) is 11.0. The molecule has 1 atom stereocenters. The van der Waals surface area contributed by atoms with Crippen LogP contribution < -0.4 is 0 Å². The summed E-state index contributed by atoms with van der Waals surface area (Å²) in [6, 6.07) is 39.0. The minimum Gasteiger partial charge on any atom is -0.455 e. The first-order valence-electron chi connectivity index (χ1n) is 13.7. The normalized spacial score (nSPS) is 15.2. The van der Waals surface area contributed by atoms with E-state index in [4.69, 9.17) is 16.0 Å². The zero-order valence-electron chi connectivity index (χ0n) is 21.5. The van der Waals surface area contributed by atoms with Gasteiger partial charge < -0.3 is 13.6 Å². The third-order valence-corrected chi connectivity index (χ3v) is 8.83. The first kappa shape index (κ1) is 22.1. The standard InChI is InChI=1S/C36H23ClN2O/c37-30-14-8-13-28-29-21-23(17-20-33(29)40-36(28)30)39-32-16-7-5-12-25(32)27-19-18-26-24-11-4-6-15-31(24)38(34(26)35(27)39)22-9-2-1-3-10-22/h1-20,23H,21H2. The summed E-state index contributed by atoms with van der Waals surface area (Å²) in [5.74, 6) is 0.906. The summed E-state index contributed by atoms with van der Waals surface area (Å²) in [6.45, 7) is 0. The van der Waals surface area contributed by atoms with Crippen LogP contribution in [-0.2, 0) is 6.42 Å². The number of fused-ring (bicyclic) bond motifs is 10. The molecule has 1 aliphatic rings. The highest BCUT2D eigenvalue weighted by atomic mass is 35.5. The summed E-state index contributed by atoms with van der Waals surface area (Å²) in [7, 11) is 0. The molecule has 4 heteroatoms. The topological polar surface area (TPSA) is 23.0 Å². The van der Waals surface area contributed by atoms with E-state index in [0.717, 1.165) is 28.8 Å². The zero-order valence-corrected chi connectivity index (χ0v) is 22.3. The SMILES string of the molecule is Clc1cccc2c3c(oc12)C=CC(n1c2ccccc2c2ccc4c5ccccc5n(-c5ccccc5)c4c21)C3. The van der Waals surface area contributed by atoms with Crippen molar-refractivity contribution < 1.29 is 4.42 Å². The predicted molar refractivity (Wildman–Crippen MR) is 167 cm³/mol. The maximum atomic E-state index is 6.52. The molecule has 190 valence electrons. The first-order valence-corrected chi connectivity index (χ1v) is 14.0. The Kier molecular flexibility index (Phi) is 4.50. The van der Waals surface area contributed by atoms with Gasteiger partial charge in [0.05, 0.1) is 27.6 Å². The molecule has 1 aliphatic carbocycles. The molecule has 0 aliphatic heterocycles. The van der Waals surface area contributed by atoms with Crippen LogP contribution in [0.3, 0.4) is 0 Å². The number of para-hydroxylation sites is 4. The van der Waals surface area contributed by atoms with Crippen LogP contribution in [0.15, 0.2) is 120 Å². The fraction of sp³-hybridized carbons (Fsp3) is 0.0556. The number of benzene rings is 5. The van der Waals surface area contributed by atoms with Crippen LogP contribution in [0, 0.1) is 0 Å². The minimum atomic E-state index is 0.113. The van der Waals surface area contributed by atoms with Crippen molar-refractivity contribution in [2.24, 2.45) is 0 Å². The van der Waals surface area contributed by atoms with Crippen molar-refractivity contribution in [3.05, 3.63) is 132 Å². The molecule has 40 heavy (non-hydrogen) atoms. The summed E-state index contributed by atoms with van der Waals surface area (Å²) >= 11 is 6.52. The highest BCUT2D eigenvalue weighted by molar-refractivity contribution is 6.35. The van der Waals surface area contributed by atoms with E-state index >= 15 is 0 Å². The van der Waals surface area contributed by atoms with Gasteiger partial charge in [-0.1, -0.05) is 96.5 Å². The Labute approximate surface area is 235 Å². The lowest BCUT2D eigenvalue weighted by Gasteiger charge is -2.22.